The van der Waals surface area contributed by atoms with Crippen molar-refractivity contribution in [2.24, 2.45) is 0 Å². The molecule has 5 heteroatoms. The molecule has 0 saturated heterocycles. The van der Waals surface area contributed by atoms with E-state index in [0.717, 1.165) is 22.9 Å². The number of rotatable bonds is 6. The fourth-order valence-electron chi connectivity index (χ4n) is 2.10. The zero-order chi connectivity index (χ0) is 14.4. The van der Waals surface area contributed by atoms with E-state index in [2.05, 4.69) is 12.2 Å². The maximum atomic E-state index is 12.3. The summed E-state index contributed by atoms with van der Waals surface area (Å²) in [6.45, 7) is 2.28. The molecule has 1 aromatic carbocycles. The number of hydrogen-bond donors (Lipinski definition) is 1. The van der Waals surface area contributed by atoms with Gasteiger partial charge in [0.1, 0.15) is 6.54 Å². The summed E-state index contributed by atoms with van der Waals surface area (Å²) in [6, 6.07) is 7.43. The van der Waals surface area contributed by atoms with Crippen LogP contribution in [0, 0.1) is 0 Å². The monoisotopic (exact) mass is 292 g/mol. The van der Waals surface area contributed by atoms with Crippen molar-refractivity contribution >= 4 is 35.0 Å². The molecule has 0 radical (unpaired) electrons. The molecule has 2 rings (SSSR count). The van der Waals surface area contributed by atoms with Crippen molar-refractivity contribution in [1.82, 2.24) is 0 Å². The first-order valence-electron chi connectivity index (χ1n) is 6.99. The van der Waals surface area contributed by atoms with Gasteiger partial charge in [-0.3, -0.25) is 9.59 Å². The summed E-state index contributed by atoms with van der Waals surface area (Å²) in [7, 11) is 0. The lowest BCUT2D eigenvalue weighted by molar-refractivity contribution is -0.121. The van der Waals surface area contributed by atoms with Crippen LogP contribution in [0.5, 0.6) is 0 Å². The Hall–Kier alpha value is -1.49. The molecule has 1 aliphatic rings. The minimum Gasteiger partial charge on any atom is -0.323 e. The van der Waals surface area contributed by atoms with Gasteiger partial charge in [-0.1, -0.05) is 25.5 Å². The van der Waals surface area contributed by atoms with Crippen LogP contribution in [-0.4, -0.2) is 29.9 Å². The Labute approximate surface area is 123 Å². The second-order valence-corrected chi connectivity index (χ2v) is 5.99. The van der Waals surface area contributed by atoms with Gasteiger partial charge in [0, 0.05) is 12.2 Å². The van der Waals surface area contributed by atoms with Crippen molar-refractivity contribution in [3.63, 3.8) is 0 Å². The number of carbonyl (C=O) groups excluding carboxylic acids is 2. The van der Waals surface area contributed by atoms with Gasteiger partial charge in [-0.15, -0.1) is 0 Å². The number of carbonyl (C=O) groups is 2. The van der Waals surface area contributed by atoms with E-state index in [9.17, 15) is 9.59 Å². The Bertz CT molecular complexity index is 491. The van der Waals surface area contributed by atoms with Crippen LogP contribution in [-0.2, 0) is 9.59 Å². The fourth-order valence-corrected chi connectivity index (χ4v) is 3.11. The Morgan fingerprint density at radius 2 is 2.15 bits per heavy atom. The number of amides is 2. The predicted octanol–water partition coefficient (Wildman–Crippen LogP) is 2.90. The van der Waals surface area contributed by atoms with Gasteiger partial charge < -0.3 is 10.2 Å². The lowest BCUT2D eigenvalue weighted by Crippen LogP contribution is -2.42. The van der Waals surface area contributed by atoms with E-state index in [4.69, 9.17) is 0 Å². The van der Waals surface area contributed by atoms with Crippen molar-refractivity contribution in [3.8, 4) is 0 Å². The molecule has 4 nitrogen and oxygen atoms in total. The third-order valence-electron chi connectivity index (χ3n) is 3.17. The van der Waals surface area contributed by atoms with Crippen LogP contribution >= 0.6 is 11.8 Å². The predicted molar refractivity (Wildman–Crippen MR) is 84.3 cm³/mol. The SMILES string of the molecule is CCCCSCCC(=O)N1CC(=O)Nc2ccccc21. The molecule has 108 valence electrons. The van der Waals surface area contributed by atoms with Crippen molar-refractivity contribution in [2.45, 2.75) is 26.2 Å². The molecule has 0 aromatic heterocycles. The first-order valence-corrected chi connectivity index (χ1v) is 8.15. The fraction of sp³-hybridized carbons (Fsp3) is 0.467. The zero-order valence-corrected chi connectivity index (χ0v) is 12.5. The maximum absolute atomic E-state index is 12.3. The van der Waals surface area contributed by atoms with Gasteiger partial charge in [0.15, 0.2) is 0 Å². The number of benzene rings is 1. The largest absolute Gasteiger partial charge is 0.323 e. The average molecular weight is 292 g/mol. The normalized spacial score (nSPS) is 13.8. The third-order valence-corrected chi connectivity index (χ3v) is 4.24. The molecule has 0 bridgehead atoms. The molecule has 1 aliphatic heterocycles. The third kappa shape index (κ3) is 3.76. The maximum Gasteiger partial charge on any atom is 0.244 e. The number of thioether (sulfide) groups is 1. The summed E-state index contributed by atoms with van der Waals surface area (Å²) < 4.78 is 0. The van der Waals surface area contributed by atoms with E-state index in [1.165, 1.54) is 12.8 Å². The average Bonchev–Trinajstić information content (AvgIpc) is 2.46. The number of nitrogens with one attached hydrogen (secondary N) is 1. The first-order chi connectivity index (χ1) is 9.72. The smallest absolute Gasteiger partial charge is 0.244 e. The lowest BCUT2D eigenvalue weighted by Gasteiger charge is -2.29. The zero-order valence-electron chi connectivity index (χ0n) is 11.7. The molecular formula is C15H20N2O2S. The van der Waals surface area contributed by atoms with Crippen LogP contribution in [0.1, 0.15) is 26.2 Å². The Kier molecular flexibility index (Phi) is 5.47. The number of hydrogen-bond acceptors (Lipinski definition) is 3. The summed E-state index contributed by atoms with van der Waals surface area (Å²) in [5.74, 6) is 1.81. The van der Waals surface area contributed by atoms with Crippen molar-refractivity contribution < 1.29 is 9.59 Å². The van der Waals surface area contributed by atoms with Gasteiger partial charge in [0.25, 0.3) is 0 Å². The summed E-state index contributed by atoms with van der Waals surface area (Å²) in [6.07, 6.45) is 2.85. The summed E-state index contributed by atoms with van der Waals surface area (Å²) in [5.41, 5.74) is 1.52. The van der Waals surface area contributed by atoms with Crippen molar-refractivity contribution in [1.29, 1.82) is 0 Å². The van der Waals surface area contributed by atoms with Crippen LogP contribution in [0.15, 0.2) is 24.3 Å². The highest BCUT2D eigenvalue weighted by molar-refractivity contribution is 7.99. The Balaban J connectivity index is 1.94. The topological polar surface area (TPSA) is 49.4 Å². The number of fused-ring (bicyclic) bond motifs is 1. The molecule has 1 heterocycles. The van der Waals surface area contributed by atoms with Gasteiger partial charge in [0.05, 0.1) is 11.4 Å². The van der Waals surface area contributed by atoms with Crippen LogP contribution in [0.3, 0.4) is 0 Å². The van der Waals surface area contributed by atoms with E-state index in [-0.39, 0.29) is 18.4 Å². The highest BCUT2D eigenvalue weighted by atomic mass is 32.2. The standard InChI is InChI=1S/C15H20N2O2S/c1-2-3-9-20-10-8-15(19)17-11-14(18)16-12-6-4-5-7-13(12)17/h4-7H,2-3,8-11H2,1H3,(H,16,18). The lowest BCUT2D eigenvalue weighted by atomic mass is 10.2. The molecule has 0 fully saturated rings. The van der Waals surface area contributed by atoms with E-state index < -0.39 is 0 Å². The molecule has 0 saturated carbocycles. The number of nitrogens with zero attached hydrogens (tertiary/aromatic N) is 1. The number of unbranched alkanes of at least 4 members (excludes halogenated alkanes) is 1. The second-order valence-electron chi connectivity index (χ2n) is 4.76. The van der Waals surface area contributed by atoms with Gasteiger partial charge >= 0.3 is 0 Å². The van der Waals surface area contributed by atoms with Gasteiger partial charge in [-0.05, 0) is 24.3 Å². The van der Waals surface area contributed by atoms with Gasteiger partial charge in [0.2, 0.25) is 11.8 Å². The minimum atomic E-state index is -0.129. The Morgan fingerprint density at radius 3 is 2.95 bits per heavy atom. The molecule has 1 aromatic rings. The minimum absolute atomic E-state index is 0.0244. The number of anilines is 2. The summed E-state index contributed by atoms with van der Waals surface area (Å²) in [4.78, 5) is 25.5. The number of para-hydroxylation sites is 2. The van der Waals surface area contributed by atoms with E-state index in [0.29, 0.717) is 6.42 Å². The molecule has 1 N–H and O–H groups in total. The molecule has 2 amide bonds. The molecule has 20 heavy (non-hydrogen) atoms. The molecular weight excluding hydrogens is 272 g/mol. The van der Waals surface area contributed by atoms with Crippen molar-refractivity contribution in [2.75, 3.05) is 28.3 Å². The van der Waals surface area contributed by atoms with Crippen molar-refractivity contribution in [3.05, 3.63) is 24.3 Å². The van der Waals surface area contributed by atoms with Gasteiger partial charge in [-0.25, -0.2) is 0 Å². The quantitative estimate of drug-likeness (QED) is 0.820. The second kappa shape index (κ2) is 7.33. The highest BCUT2D eigenvalue weighted by Crippen LogP contribution is 2.29. The van der Waals surface area contributed by atoms with E-state index >= 15 is 0 Å². The van der Waals surface area contributed by atoms with Crippen LogP contribution in [0.4, 0.5) is 11.4 Å². The highest BCUT2D eigenvalue weighted by Gasteiger charge is 2.25. The molecule has 0 aliphatic carbocycles. The molecule has 0 atom stereocenters. The Morgan fingerprint density at radius 1 is 1.35 bits per heavy atom. The first kappa shape index (κ1) is 14.9. The van der Waals surface area contributed by atoms with Crippen LogP contribution < -0.4 is 10.2 Å². The van der Waals surface area contributed by atoms with Gasteiger partial charge in [-0.2, -0.15) is 11.8 Å². The van der Waals surface area contributed by atoms with E-state index in [1.54, 1.807) is 16.7 Å². The molecule has 0 unspecified atom stereocenters. The summed E-state index contributed by atoms with van der Waals surface area (Å²) in [5, 5.41) is 2.79. The summed E-state index contributed by atoms with van der Waals surface area (Å²) >= 11 is 1.80. The molecule has 0 spiro atoms. The van der Waals surface area contributed by atoms with Crippen LogP contribution in [0.25, 0.3) is 0 Å². The van der Waals surface area contributed by atoms with Crippen LogP contribution in [0.2, 0.25) is 0 Å². The van der Waals surface area contributed by atoms with E-state index in [1.807, 2.05) is 24.3 Å².